The Bertz CT molecular complexity index is 1820. The van der Waals surface area contributed by atoms with Crippen molar-refractivity contribution in [1.29, 1.82) is 0 Å². The van der Waals surface area contributed by atoms with Gasteiger partial charge in [-0.2, -0.15) is 13.2 Å². The Morgan fingerprint density at radius 2 is 1.76 bits per heavy atom. The minimum absolute atomic E-state index is 0.0905. The Hall–Kier alpha value is -4.47. The van der Waals surface area contributed by atoms with E-state index in [0.29, 0.717) is 45.2 Å². The number of hydrogen-bond donors (Lipinski definition) is 1. The van der Waals surface area contributed by atoms with Crippen molar-refractivity contribution in [3.8, 4) is 16.8 Å². The van der Waals surface area contributed by atoms with E-state index in [9.17, 15) is 22.8 Å². The van der Waals surface area contributed by atoms with Crippen LogP contribution in [0.1, 0.15) is 34.3 Å². The Morgan fingerprint density at radius 3 is 2.54 bits per heavy atom. The van der Waals surface area contributed by atoms with Crippen LogP contribution in [0.15, 0.2) is 59.7 Å². The molecule has 2 aromatic carbocycles. The van der Waals surface area contributed by atoms with Gasteiger partial charge in [0.15, 0.2) is 5.78 Å². The van der Waals surface area contributed by atoms with E-state index in [-0.39, 0.29) is 17.0 Å². The van der Waals surface area contributed by atoms with Gasteiger partial charge in [0, 0.05) is 36.2 Å². The highest BCUT2D eigenvalue weighted by Gasteiger charge is 2.34. The number of nitrogens with zero attached hydrogens (tertiary/aromatic N) is 4. The number of nitrogens with two attached hydrogens (primary N) is 1. The first-order chi connectivity index (χ1) is 17.6. The molecule has 0 aliphatic heterocycles. The van der Waals surface area contributed by atoms with Crippen molar-refractivity contribution < 1.29 is 18.0 Å². The molecule has 6 rings (SSSR count). The molecule has 0 fully saturated rings. The molecule has 0 unspecified atom stereocenters. The van der Waals surface area contributed by atoms with E-state index in [0.717, 1.165) is 24.5 Å². The van der Waals surface area contributed by atoms with Crippen LogP contribution in [0.4, 0.5) is 19.0 Å². The second-order valence-corrected chi connectivity index (χ2v) is 9.17. The van der Waals surface area contributed by atoms with Gasteiger partial charge in [-0.15, -0.1) is 0 Å². The molecule has 1 aliphatic rings. The molecule has 3 heterocycles. The van der Waals surface area contributed by atoms with E-state index in [1.807, 2.05) is 6.07 Å². The fourth-order valence-electron chi connectivity index (χ4n) is 5.05. The van der Waals surface area contributed by atoms with Crippen LogP contribution in [0.3, 0.4) is 0 Å². The number of carbonyl (C=O) groups excluding carboxylic acids is 1. The number of rotatable bonds is 2. The van der Waals surface area contributed by atoms with E-state index in [4.69, 9.17) is 5.73 Å². The zero-order valence-corrected chi connectivity index (χ0v) is 19.6. The average Bonchev–Trinajstić information content (AvgIpc) is 3.13. The fourth-order valence-corrected chi connectivity index (χ4v) is 5.05. The van der Waals surface area contributed by atoms with Crippen LogP contribution in [0.2, 0.25) is 0 Å². The number of imidazole rings is 1. The molecular weight excluding hydrogens is 483 g/mol. The van der Waals surface area contributed by atoms with E-state index in [1.54, 1.807) is 48.1 Å². The number of nitrogen functional groups attached to an aromatic ring is 1. The molecule has 0 spiro atoms. The molecule has 0 saturated carbocycles. The molecule has 7 nitrogen and oxygen atoms in total. The number of halogens is 3. The molecule has 0 radical (unpaired) electrons. The highest BCUT2D eigenvalue weighted by atomic mass is 19.4. The lowest BCUT2D eigenvalue weighted by Crippen LogP contribution is -2.21. The number of Topliss-reactive ketones (excluding diaryl/α,β-unsaturated/α-hetero) is 1. The topological polar surface area (TPSA) is 95.8 Å². The summed E-state index contributed by atoms with van der Waals surface area (Å²) in [5.41, 5.74) is 8.75. The maximum absolute atomic E-state index is 13.4. The maximum Gasteiger partial charge on any atom is 0.419 e. The highest BCUT2D eigenvalue weighted by molar-refractivity contribution is 6.05. The second kappa shape index (κ2) is 8.02. The van der Waals surface area contributed by atoms with Gasteiger partial charge in [-0.05, 0) is 60.4 Å². The van der Waals surface area contributed by atoms with Crippen LogP contribution in [-0.4, -0.2) is 24.9 Å². The second-order valence-electron chi connectivity index (χ2n) is 9.17. The van der Waals surface area contributed by atoms with Gasteiger partial charge >= 0.3 is 11.9 Å². The standard InChI is InChI=1S/C27H20F3N5O2/c1-34-22-13-32-21-8-5-14(16-11-20(27(28,29)30)25(31)33-12-16)10-19(21)24(22)35(26(34)37)17-6-7-18-15(9-17)3-2-4-23(18)36/h5-13H,2-4H2,1H3,(H2,31,33). The molecule has 0 bridgehead atoms. The van der Waals surface area contributed by atoms with Crippen LogP contribution in [-0.2, 0) is 19.6 Å². The monoisotopic (exact) mass is 503 g/mol. The Labute approximate surface area is 208 Å². The van der Waals surface area contributed by atoms with E-state index in [1.165, 1.54) is 10.8 Å². The normalized spacial score (nSPS) is 13.9. The minimum Gasteiger partial charge on any atom is -0.383 e. The molecular formula is C27H20F3N5O2. The number of alkyl halides is 3. The first kappa shape index (κ1) is 23.0. The zero-order valence-electron chi connectivity index (χ0n) is 19.6. The number of aryl methyl sites for hydroxylation is 2. The summed E-state index contributed by atoms with van der Waals surface area (Å²) < 4.78 is 43.4. The smallest absolute Gasteiger partial charge is 0.383 e. The summed E-state index contributed by atoms with van der Waals surface area (Å²) in [6.45, 7) is 0. The number of benzene rings is 2. The van der Waals surface area contributed by atoms with Crippen molar-refractivity contribution in [2.45, 2.75) is 25.4 Å². The number of hydrogen-bond acceptors (Lipinski definition) is 5. The van der Waals surface area contributed by atoms with Gasteiger partial charge in [0.2, 0.25) is 0 Å². The van der Waals surface area contributed by atoms with Crippen molar-refractivity contribution in [3.63, 3.8) is 0 Å². The van der Waals surface area contributed by atoms with E-state index in [2.05, 4.69) is 9.97 Å². The predicted molar refractivity (Wildman–Crippen MR) is 134 cm³/mol. The molecule has 3 aromatic heterocycles. The summed E-state index contributed by atoms with van der Waals surface area (Å²) in [5, 5.41) is 0.590. The Morgan fingerprint density at radius 1 is 0.946 bits per heavy atom. The summed E-state index contributed by atoms with van der Waals surface area (Å²) in [4.78, 5) is 33.9. The summed E-state index contributed by atoms with van der Waals surface area (Å²) in [6, 6.07) is 11.4. The third kappa shape index (κ3) is 3.59. The van der Waals surface area contributed by atoms with Crippen molar-refractivity contribution in [1.82, 2.24) is 19.1 Å². The largest absolute Gasteiger partial charge is 0.419 e. The van der Waals surface area contributed by atoms with Crippen molar-refractivity contribution in [3.05, 3.63) is 82.0 Å². The lowest BCUT2D eigenvalue weighted by Gasteiger charge is -2.16. The maximum atomic E-state index is 13.4. The third-order valence-electron chi connectivity index (χ3n) is 6.94. The molecule has 0 atom stereocenters. The fraction of sp³-hybridized carbons (Fsp3) is 0.185. The number of fused-ring (bicyclic) bond motifs is 4. The van der Waals surface area contributed by atoms with Crippen LogP contribution in [0.5, 0.6) is 0 Å². The van der Waals surface area contributed by atoms with Gasteiger partial charge in [-0.3, -0.25) is 18.9 Å². The Balaban J connectivity index is 1.61. The van der Waals surface area contributed by atoms with E-state index < -0.39 is 17.6 Å². The molecule has 2 N–H and O–H groups in total. The molecule has 1 aliphatic carbocycles. The van der Waals surface area contributed by atoms with Gasteiger partial charge in [-0.1, -0.05) is 6.07 Å². The average molecular weight is 503 g/mol. The summed E-state index contributed by atoms with van der Waals surface area (Å²) in [6.07, 6.45) is 0.252. The molecule has 0 saturated heterocycles. The first-order valence-electron chi connectivity index (χ1n) is 11.6. The van der Waals surface area contributed by atoms with Crippen molar-refractivity contribution in [2.24, 2.45) is 7.05 Å². The van der Waals surface area contributed by atoms with Crippen LogP contribution in [0.25, 0.3) is 38.8 Å². The quantitative estimate of drug-likeness (QED) is 0.363. The van der Waals surface area contributed by atoms with E-state index >= 15 is 0 Å². The van der Waals surface area contributed by atoms with Gasteiger partial charge in [0.25, 0.3) is 0 Å². The number of ketones is 1. The van der Waals surface area contributed by atoms with Gasteiger partial charge in [0.05, 0.1) is 34.0 Å². The van der Waals surface area contributed by atoms with Crippen LogP contribution >= 0.6 is 0 Å². The molecule has 0 amide bonds. The molecule has 37 heavy (non-hydrogen) atoms. The number of aromatic nitrogens is 4. The summed E-state index contributed by atoms with van der Waals surface area (Å²) >= 11 is 0. The number of anilines is 1. The van der Waals surface area contributed by atoms with Crippen molar-refractivity contribution >= 4 is 33.5 Å². The lowest BCUT2D eigenvalue weighted by molar-refractivity contribution is -0.137. The zero-order chi connectivity index (χ0) is 26.1. The van der Waals surface area contributed by atoms with Crippen LogP contribution in [0, 0.1) is 0 Å². The predicted octanol–water partition coefficient (Wildman–Crippen LogP) is 5.06. The minimum atomic E-state index is -4.65. The van der Waals surface area contributed by atoms with Crippen LogP contribution < -0.4 is 11.4 Å². The molecule has 186 valence electrons. The molecule has 10 heteroatoms. The van der Waals surface area contributed by atoms with Gasteiger partial charge in [0.1, 0.15) is 5.82 Å². The SMILES string of the molecule is Cn1c(=O)n(-c2ccc3c(c2)CCCC3=O)c2c3cc(-c4cnc(N)c(C(F)(F)F)c4)ccc3ncc21. The van der Waals surface area contributed by atoms with Gasteiger partial charge < -0.3 is 5.73 Å². The Kier molecular flexibility index (Phi) is 4.98. The third-order valence-corrected chi connectivity index (χ3v) is 6.94. The van der Waals surface area contributed by atoms with Crippen molar-refractivity contribution in [2.75, 3.05) is 5.73 Å². The summed E-state index contributed by atoms with van der Waals surface area (Å²) in [5.74, 6) is -0.503. The van der Waals surface area contributed by atoms with Gasteiger partial charge in [-0.25, -0.2) is 9.78 Å². The lowest BCUT2D eigenvalue weighted by atomic mass is 9.90. The number of carbonyl (C=O) groups is 1. The highest BCUT2D eigenvalue weighted by Crippen LogP contribution is 2.36. The molecule has 5 aromatic rings. The first-order valence-corrected chi connectivity index (χ1v) is 11.6. The number of pyridine rings is 2. The summed E-state index contributed by atoms with van der Waals surface area (Å²) in [7, 11) is 1.64.